The van der Waals surface area contributed by atoms with E-state index in [-0.39, 0.29) is 12.0 Å². The average molecular weight is 451 g/mol. The number of nitrogens with zero attached hydrogens (tertiary/aromatic N) is 2. The van der Waals surface area contributed by atoms with Gasteiger partial charge in [0.05, 0.1) is 16.3 Å². The molecule has 1 heterocycles. The van der Waals surface area contributed by atoms with Gasteiger partial charge in [-0.3, -0.25) is 5.32 Å². The summed E-state index contributed by atoms with van der Waals surface area (Å²) in [5.41, 5.74) is 15.6. The van der Waals surface area contributed by atoms with Gasteiger partial charge in [0, 0.05) is 6.54 Å². The van der Waals surface area contributed by atoms with E-state index >= 15 is 0 Å². The van der Waals surface area contributed by atoms with Crippen LogP contribution < -0.4 is 22.1 Å². The van der Waals surface area contributed by atoms with Gasteiger partial charge in [0.15, 0.2) is 5.13 Å². The summed E-state index contributed by atoms with van der Waals surface area (Å²) in [7, 11) is 0. The van der Waals surface area contributed by atoms with Crippen molar-refractivity contribution in [2.45, 2.75) is 33.1 Å². The molecule has 7 nitrogen and oxygen atoms in total. The number of benzene rings is 2. The fourth-order valence-corrected chi connectivity index (χ4v) is 4.21. The fraction of sp³-hybridized carbons (Fsp3) is 0.292. The molecule has 1 atom stereocenters. The number of hydrogen-bond donors (Lipinski definition) is 4. The van der Waals surface area contributed by atoms with E-state index in [4.69, 9.17) is 11.5 Å². The van der Waals surface area contributed by atoms with E-state index in [1.54, 1.807) is 0 Å². The van der Waals surface area contributed by atoms with E-state index in [0.29, 0.717) is 23.3 Å². The maximum Gasteiger partial charge on any atom is 0.321 e. The summed E-state index contributed by atoms with van der Waals surface area (Å²) in [6.07, 6.45) is 3.17. The number of nitrogens with one attached hydrogen (secondary N) is 2. The maximum atomic E-state index is 12.1. The molecule has 32 heavy (non-hydrogen) atoms. The molecule has 0 spiro atoms. The molecular weight excluding hydrogens is 420 g/mol. The molecule has 3 aromatic rings. The topological polar surface area (TPSA) is 118 Å². The van der Waals surface area contributed by atoms with Crippen molar-refractivity contribution in [3.63, 3.8) is 0 Å². The lowest BCUT2D eigenvalue weighted by molar-refractivity contribution is 0.243. The maximum absolute atomic E-state index is 12.1. The van der Waals surface area contributed by atoms with Gasteiger partial charge in [-0.15, -0.1) is 0 Å². The largest absolute Gasteiger partial charge is 0.375 e. The summed E-state index contributed by atoms with van der Waals surface area (Å²) in [4.78, 5) is 21.7. The summed E-state index contributed by atoms with van der Waals surface area (Å²) in [6.45, 7) is 4.64. The predicted octanol–water partition coefficient (Wildman–Crippen LogP) is 4.61. The number of nitrogen functional groups attached to an aromatic ring is 1. The first-order chi connectivity index (χ1) is 15.4. The van der Waals surface area contributed by atoms with Crippen LogP contribution in [0, 0.1) is 12.8 Å². The number of rotatable bonds is 8. The third-order valence-electron chi connectivity index (χ3n) is 5.05. The Morgan fingerprint density at radius 2 is 1.88 bits per heavy atom. The highest BCUT2D eigenvalue weighted by Gasteiger charge is 2.09. The Labute approximate surface area is 193 Å². The molecule has 0 saturated carbocycles. The SMILES string of the molecule is Cc1nc(N)sc1-c1ccc(N=C(N)NC(=O)NCC(C)CCCc2ccccc2)cc1. The number of carbonyl (C=O) groups is 1. The Hall–Kier alpha value is -3.39. The molecular formula is C24H30N6OS. The lowest BCUT2D eigenvalue weighted by Crippen LogP contribution is -2.44. The molecule has 3 rings (SSSR count). The van der Waals surface area contributed by atoms with Crippen molar-refractivity contribution in [3.8, 4) is 10.4 Å². The van der Waals surface area contributed by atoms with Crippen LogP contribution in [0.1, 0.15) is 31.0 Å². The molecule has 0 aliphatic carbocycles. The van der Waals surface area contributed by atoms with Crippen molar-refractivity contribution in [1.29, 1.82) is 0 Å². The van der Waals surface area contributed by atoms with Crippen molar-refractivity contribution in [2.24, 2.45) is 16.6 Å². The van der Waals surface area contributed by atoms with Crippen LogP contribution in [0.15, 0.2) is 59.6 Å². The number of amides is 2. The van der Waals surface area contributed by atoms with E-state index in [2.05, 4.69) is 51.8 Å². The van der Waals surface area contributed by atoms with Gasteiger partial charge in [-0.25, -0.2) is 14.8 Å². The van der Waals surface area contributed by atoms with Gasteiger partial charge >= 0.3 is 6.03 Å². The number of nitrogens with two attached hydrogens (primary N) is 2. The number of carbonyl (C=O) groups excluding carboxylic acids is 1. The monoisotopic (exact) mass is 450 g/mol. The van der Waals surface area contributed by atoms with Crippen LogP contribution in [0.2, 0.25) is 0 Å². The molecule has 0 radical (unpaired) electrons. The van der Waals surface area contributed by atoms with Crippen molar-refractivity contribution >= 4 is 34.1 Å². The highest BCUT2D eigenvalue weighted by Crippen LogP contribution is 2.32. The van der Waals surface area contributed by atoms with Crippen LogP contribution in [0.25, 0.3) is 10.4 Å². The van der Waals surface area contributed by atoms with Gasteiger partial charge in [-0.05, 0) is 55.4 Å². The Morgan fingerprint density at radius 1 is 1.16 bits per heavy atom. The lowest BCUT2D eigenvalue weighted by Gasteiger charge is -2.13. The molecule has 6 N–H and O–H groups in total. The number of aliphatic imine (C=N–C) groups is 1. The Morgan fingerprint density at radius 3 is 2.53 bits per heavy atom. The van der Waals surface area contributed by atoms with E-state index in [1.165, 1.54) is 16.9 Å². The Bertz CT molecular complexity index is 1050. The highest BCUT2D eigenvalue weighted by atomic mass is 32.1. The third kappa shape index (κ3) is 7.09. The van der Waals surface area contributed by atoms with E-state index in [1.807, 2.05) is 37.3 Å². The first kappa shape index (κ1) is 23.3. The minimum absolute atomic E-state index is 0.0465. The van der Waals surface area contributed by atoms with Crippen LogP contribution >= 0.6 is 11.3 Å². The van der Waals surface area contributed by atoms with E-state index in [0.717, 1.165) is 35.4 Å². The zero-order valence-corrected chi connectivity index (χ0v) is 19.3. The molecule has 168 valence electrons. The number of hydrogen-bond acceptors (Lipinski definition) is 5. The standard InChI is InChI=1S/C24H30N6OS/c1-16(7-6-10-18-8-4-3-5-9-18)15-27-24(31)30-22(25)29-20-13-11-19(12-14-20)21-17(2)28-23(26)32-21/h3-5,8-9,11-14,16H,6-7,10,15H2,1-2H3,(H2,26,28)(H4,25,27,29,30,31). The van der Waals surface area contributed by atoms with Crippen molar-refractivity contribution < 1.29 is 4.79 Å². The second kappa shape index (κ2) is 11.3. The Kier molecular flexibility index (Phi) is 8.21. The van der Waals surface area contributed by atoms with Gasteiger partial charge in [-0.1, -0.05) is 60.7 Å². The normalized spacial score (nSPS) is 12.4. The van der Waals surface area contributed by atoms with Gasteiger partial charge in [0.2, 0.25) is 5.96 Å². The predicted molar refractivity (Wildman–Crippen MR) is 133 cm³/mol. The molecule has 0 bridgehead atoms. The number of anilines is 1. The average Bonchev–Trinajstić information content (AvgIpc) is 3.11. The molecule has 0 aliphatic heterocycles. The molecule has 0 saturated heterocycles. The van der Waals surface area contributed by atoms with Crippen molar-refractivity contribution in [3.05, 3.63) is 65.9 Å². The van der Waals surface area contributed by atoms with Crippen LogP contribution in [0.3, 0.4) is 0 Å². The number of thiazole rings is 1. The number of aryl methyl sites for hydroxylation is 2. The van der Waals surface area contributed by atoms with Crippen molar-refractivity contribution in [1.82, 2.24) is 15.6 Å². The molecule has 2 amide bonds. The van der Waals surface area contributed by atoms with Crippen LogP contribution in [-0.4, -0.2) is 23.5 Å². The summed E-state index contributed by atoms with van der Waals surface area (Å²) in [6, 6.07) is 17.6. The van der Waals surface area contributed by atoms with Crippen LogP contribution in [0.4, 0.5) is 15.6 Å². The summed E-state index contributed by atoms with van der Waals surface area (Å²) in [5, 5.41) is 5.98. The zero-order valence-electron chi connectivity index (χ0n) is 18.5. The zero-order chi connectivity index (χ0) is 22.9. The lowest BCUT2D eigenvalue weighted by atomic mass is 10.0. The van der Waals surface area contributed by atoms with E-state index < -0.39 is 0 Å². The molecule has 2 aromatic carbocycles. The van der Waals surface area contributed by atoms with Gasteiger partial charge in [0.25, 0.3) is 0 Å². The van der Waals surface area contributed by atoms with Crippen LogP contribution in [0.5, 0.6) is 0 Å². The van der Waals surface area contributed by atoms with Gasteiger partial charge in [-0.2, -0.15) is 0 Å². The molecule has 0 aliphatic rings. The summed E-state index contributed by atoms with van der Waals surface area (Å²) in [5.74, 6) is 0.421. The number of urea groups is 1. The van der Waals surface area contributed by atoms with E-state index in [9.17, 15) is 4.79 Å². The highest BCUT2D eigenvalue weighted by molar-refractivity contribution is 7.18. The number of aromatic nitrogens is 1. The molecule has 0 fully saturated rings. The smallest absolute Gasteiger partial charge is 0.321 e. The van der Waals surface area contributed by atoms with Crippen LogP contribution in [-0.2, 0) is 6.42 Å². The minimum Gasteiger partial charge on any atom is -0.375 e. The van der Waals surface area contributed by atoms with Gasteiger partial charge in [0.1, 0.15) is 0 Å². The third-order valence-corrected chi connectivity index (χ3v) is 6.09. The fourth-order valence-electron chi connectivity index (χ4n) is 3.37. The Balaban J connectivity index is 1.42. The number of guanidine groups is 1. The van der Waals surface area contributed by atoms with Crippen molar-refractivity contribution in [2.75, 3.05) is 12.3 Å². The molecule has 8 heteroatoms. The first-order valence-electron chi connectivity index (χ1n) is 10.7. The molecule has 1 aromatic heterocycles. The summed E-state index contributed by atoms with van der Waals surface area (Å²) >= 11 is 1.45. The first-order valence-corrected chi connectivity index (χ1v) is 11.5. The van der Waals surface area contributed by atoms with Gasteiger partial charge < -0.3 is 16.8 Å². The minimum atomic E-state index is -0.353. The quantitative estimate of drug-likeness (QED) is 0.296. The second-order valence-corrected chi connectivity index (χ2v) is 8.86. The summed E-state index contributed by atoms with van der Waals surface area (Å²) < 4.78 is 0. The second-order valence-electron chi connectivity index (χ2n) is 7.83. The molecule has 1 unspecified atom stereocenters.